The van der Waals surface area contributed by atoms with Crippen LogP contribution in [-0.2, 0) is 20.1 Å². The van der Waals surface area contributed by atoms with Gasteiger partial charge in [-0.25, -0.2) is 0 Å². The number of aromatic nitrogens is 1. The Morgan fingerprint density at radius 3 is 2.24 bits per heavy atom. The van der Waals surface area contributed by atoms with Crippen molar-refractivity contribution < 1.29 is 20.1 Å². The summed E-state index contributed by atoms with van der Waals surface area (Å²) >= 11 is 0. The molecule has 2 aliphatic heterocycles. The molecule has 2 aliphatic rings. The molecule has 0 amide bonds. The van der Waals surface area contributed by atoms with Crippen LogP contribution >= 0.6 is 0 Å². The molecular formula is C37H29IrN4. The minimum absolute atomic E-state index is 0. The number of hydrogen-bond donors (Lipinski definition) is 0. The fourth-order valence-electron chi connectivity index (χ4n) is 5.72. The molecule has 0 fully saturated rings. The van der Waals surface area contributed by atoms with Crippen LogP contribution < -0.4 is 14.7 Å². The van der Waals surface area contributed by atoms with Crippen molar-refractivity contribution in [3.8, 4) is 11.3 Å². The molecule has 0 saturated heterocycles. The van der Waals surface area contributed by atoms with Crippen molar-refractivity contribution in [3.05, 3.63) is 145 Å². The van der Waals surface area contributed by atoms with Crippen LogP contribution in [0.25, 0.3) is 22.0 Å². The van der Waals surface area contributed by atoms with Gasteiger partial charge in [-0.05, 0) is 72.4 Å². The molecule has 5 aromatic carbocycles. The Labute approximate surface area is 261 Å². The standard InChI is InChI=1S/C26H21N3.C11H8N.Ir/c1-17-11-18(2)13-21(12-17)28-16-29-25-15-20-8-5-4-7-19(20)14-24(25)27(3)22-9-6-10-23(28)26(22)29;1-2-6-10(7-3-1)11-8-4-5-9-12-11;/h4-14,16H,1-3H3;1-6,8-9H;/q-2;-1;+3. The van der Waals surface area contributed by atoms with Gasteiger partial charge in [-0.2, -0.15) is 0 Å². The molecule has 8 rings (SSSR count). The van der Waals surface area contributed by atoms with Crippen molar-refractivity contribution in [2.75, 3.05) is 21.7 Å². The van der Waals surface area contributed by atoms with E-state index in [1.165, 1.54) is 45.0 Å². The average Bonchev–Trinajstić information content (AvgIpc) is 3.41. The Bertz CT molecular complexity index is 1810. The van der Waals surface area contributed by atoms with Crippen LogP contribution in [0.1, 0.15) is 11.1 Å². The molecule has 4 nitrogen and oxygen atoms in total. The number of anilines is 6. The quantitative estimate of drug-likeness (QED) is 0.166. The van der Waals surface area contributed by atoms with E-state index in [1.54, 1.807) is 6.20 Å². The molecule has 1 aromatic heterocycles. The van der Waals surface area contributed by atoms with Gasteiger partial charge in [0.2, 0.25) is 0 Å². The van der Waals surface area contributed by atoms with E-state index in [0.29, 0.717) is 0 Å². The monoisotopic (exact) mass is 722 g/mol. The van der Waals surface area contributed by atoms with Crippen LogP contribution in [0.4, 0.5) is 34.1 Å². The molecular weight excluding hydrogens is 693 g/mol. The molecule has 0 N–H and O–H groups in total. The molecule has 0 unspecified atom stereocenters. The predicted octanol–water partition coefficient (Wildman–Crippen LogP) is 9.29. The Balaban J connectivity index is 0.000000205. The summed E-state index contributed by atoms with van der Waals surface area (Å²) in [6.45, 7) is 6.52. The summed E-state index contributed by atoms with van der Waals surface area (Å²) in [6, 6.07) is 44.5. The van der Waals surface area contributed by atoms with Crippen LogP contribution in [0.15, 0.2) is 115 Å². The minimum Gasteiger partial charge on any atom is -0.485 e. The fourth-order valence-corrected chi connectivity index (χ4v) is 5.72. The van der Waals surface area contributed by atoms with Crippen LogP contribution in [0.2, 0.25) is 0 Å². The zero-order valence-electron chi connectivity index (χ0n) is 23.7. The maximum Gasteiger partial charge on any atom is 3.00 e. The summed E-state index contributed by atoms with van der Waals surface area (Å²) < 4.78 is 0. The second-order valence-electron chi connectivity index (χ2n) is 10.5. The van der Waals surface area contributed by atoms with Gasteiger partial charge in [-0.1, -0.05) is 36.4 Å². The Morgan fingerprint density at radius 2 is 1.48 bits per heavy atom. The normalized spacial score (nSPS) is 12.7. The average molecular weight is 722 g/mol. The van der Waals surface area contributed by atoms with Crippen LogP contribution in [0.5, 0.6) is 0 Å². The Hall–Kier alpha value is -4.44. The maximum absolute atomic E-state index is 4.22. The second kappa shape index (κ2) is 11.4. The number of rotatable bonds is 2. The van der Waals surface area contributed by atoms with Crippen LogP contribution in [-0.4, -0.2) is 12.0 Å². The zero-order valence-corrected chi connectivity index (χ0v) is 26.1. The molecule has 0 saturated carbocycles. The van der Waals surface area contributed by atoms with Gasteiger partial charge in [0, 0.05) is 24.6 Å². The van der Waals surface area contributed by atoms with Gasteiger partial charge in [0.05, 0.1) is 11.4 Å². The van der Waals surface area contributed by atoms with Crippen molar-refractivity contribution in [3.63, 3.8) is 0 Å². The number of aryl methyl sites for hydroxylation is 2. The van der Waals surface area contributed by atoms with Crippen molar-refractivity contribution >= 4 is 44.9 Å². The van der Waals surface area contributed by atoms with Crippen molar-refractivity contribution in [2.45, 2.75) is 13.8 Å². The summed E-state index contributed by atoms with van der Waals surface area (Å²) in [5.41, 5.74) is 11.6. The van der Waals surface area contributed by atoms with E-state index in [0.717, 1.165) is 22.3 Å². The fraction of sp³-hybridized carbons (Fsp3) is 0.0811. The molecule has 42 heavy (non-hydrogen) atoms. The van der Waals surface area contributed by atoms with E-state index in [1.807, 2.05) is 42.5 Å². The van der Waals surface area contributed by atoms with E-state index < -0.39 is 0 Å². The SMILES string of the molecule is Cc1cc(C)cc(N2[CH-]N3c4[c-]c5ccccc5cc4N(C)c4cccc2c43)c1.[Ir+3].[c-]1ccccc1-c1ccccn1. The van der Waals surface area contributed by atoms with Crippen LogP contribution in [0, 0.1) is 32.6 Å². The number of fused-ring (bicyclic) bond motifs is 3. The number of pyridine rings is 1. The van der Waals surface area contributed by atoms with Crippen molar-refractivity contribution in [2.24, 2.45) is 0 Å². The first-order valence-corrected chi connectivity index (χ1v) is 13.8. The third-order valence-electron chi connectivity index (χ3n) is 7.57. The molecule has 6 aromatic rings. The summed E-state index contributed by atoms with van der Waals surface area (Å²) in [5, 5.41) is 2.35. The molecule has 0 aliphatic carbocycles. The van der Waals surface area contributed by atoms with Gasteiger partial charge >= 0.3 is 20.1 Å². The molecule has 0 atom stereocenters. The maximum atomic E-state index is 4.22. The molecule has 206 valence electrons. The molecule has 5 heteroatoms. The zero-order chi connectivity index (χ0) is 27.9. The van der Waals surface area contributed by atoms with E-state index in [9.17, 15) is 0 Å². The van der Waals surface area contributed by atoms with Gasteiger partial charge in [0.15, 0.2) is 0 Å². The minimum atomic E-state index is 0. The Kier molecular flexibility index (Phi) is 7.55. The molecule has 0 bridgehead atoms. The van der Waals surface area contributed by atoms with Gasteiger partial charge in [-0.15, -0.1) is 77.6 Å². The van der Waals surface area contributed by atoms with E-state index >= 15 is 0 Å². The smallest absolute Gasteiger partial charge is 0.485 e. The molecule has 0 radical (unpaired) electrons. The predicted molar refractivity (Wildman–Crippen MR) is 170 cm³/mol. The van der Waals surface area contributed by atoms with E-state index in [4.69, 9.17) is 0 Å². The molecule has 3 heterocycles. The van der Waals surface area contributed by atoms with Gasteiger partial charge in [0.25, 0.3) is 0 Å². The number of hydrogen-bond acceptors (Lipinski definition) is 4. The number of nitrogens with zero attached hydrogens (tertiary/aromatic N) is 4. The third kappa shape index (κ3) is 4.96. The summed E-state index contributed by atoms with van der Waals surface area (Å²) in [7, 11) is 2.15. The largest absolute Gasteiger partial charge is 3.00 e. The van der Waals surface area contributed by atoms with Gasteiger partial charge in [0.1, 0.15) is 0 Å². The van der Waals surface area contributed by atoms with Crippen molar-refractivity contribution in [1.82, 2.24) is 4.98 Å². The number of benzene rings is 5. The topological polar surface area (TPSA) is 22.6 Å². The van der Waals surface area contributed by atoms with Gasteiger partial charge in [-0.3, -0.25) is 0 Å². The first-order valence-electron chi connectivity index (χ1n) is 13.8. The van der Waals surface area contributed by atoms with E-state index in [2.05, 4.69) is 126 Å². The summed E-state index contributed by atoms with van der Waals surface area (Å²) in [5.74, 6) is 0. The van der Waals surface area contributed by atoms with Gasteiger partial charge < -0.3 is 19.7 Å². The first-order chi connectivity index (χ1) is 20.1. The summed E-state index contributed by atoms with van der Waals surface area (Å²) in [4.78, 5) is 11.1. The molecule has 0 spiro atoms. The third-order valence-corrected chi connectivity index (χ3v) is 7.57. The van der Waals surface area contributed by atoms with Crippen molar-refractivity contribution in [1.29, 1.82) is 0 Å². The Morgan fingerprint density at radius 1 is 0.714 bits per heavy atom. The van der Waals surface area contributed by atoms with Crippen LogP contribution in [0.3, 0.4) is 0 Å². The second-order valence-corrected chi connectivity index (χ2v) is 10.5. The number of para-hydroxylation sites is 1. The first kappa shape index (κ1) is 27.7. The van der Waals surface area contributed by atoms with E-state index in [-0.39, 0.29) is 20.1 Å². The summed E-state index contributed by atoms with van der Waals surface area (Å²) in [6.07, 6.45) is 1.79.